The molecule has 0 saturated heterocycles. The molecule has 0 aromatic heterocycles. The minimum Gasteiger partial charge on any atom is -0.373 e. The summed E-state index contributed by atoms with van der Waals surface area (Å²) in [5, 5.41) is 0. The molecule has 2 atom stereocenters. The van der Waals surface area contributed by atoms with E-state index in [0.29, 0.717) is 13.2 Å². The number of alkyl halides is 2. The lowest BCUT2D eigenvalue weighted by Gasteiger charge is -2.10. The average Bonchev–Trinajstić information content (AvgIpc) is 2.04. The largest absolute Gasteiger partial charge is 0.373 e. The first-order valence-corrected chi connectivity index (χ1v) is 3.99. The Morgan fingerprint density at radius 2 is 1.36 bits per heavy atom. The van der Waals surface area contributed by atoms with E-state index in [2.05, 4.69) is 0 Å². The van der Waals surface area contributed by atoms with E-state index >= 15 is 0 Å². The lowest BCUT2D eigenvalue weighted by molar-refractivity contribution is 0.0121. The maximum absolute atomic E-state index is 5.56. The minimum absolute atomic E-state index is 0.310. The van der Waals surface area contributed by atoms with Crippen LogP contribution in [0.2, 0.25) is 0 Å². The normalized spacial score (nSPS) is 16.4. The zero-order valence-electron chi connectivity index (χ0n) is 6.55. The van der Waals surface area contributed by atoms with Gasteiger partial charge in [0.05, 0.1) is 13.2 Å². The van der Waals surface area contributed by atoms with Crippen molar-refractivity contribution in [3.8, 4) is 0 Å². The second-order valence-corrected chi connectivity index (χ2v) is 2.80. The van der Waals surface area contributed by atoms with Crippen LogP contribution in [0.4, 0.5) is 0 Å². The van der Waals surface area contributed by atoms with Crippen molar-refractivity contribution in [2.45, 2.75) is 11.1 Å². The molecule has 0 saturated carbocycles. The molecule has 0 aliphatic carbocycles. The van der Waals surface area contributed by atoms with Crippen LogP contribution in [0.15, 0.2) is 0 Å². The second-order valence-electron chi connectivity index (χ2n) is 1.83. The molecule has 0 radical (unpaired) electrons. The van der Waals surface area contributed by atoms with Crippen LogP contribution < -0.4 is 0 Å². The SMILES string of the molecule is COC(Cl)COCC(Cl)OC. The summed E-state index contributed by atoms with van der Waals surface area (Å²) in [6.45, 7) is 0.620. The predicted octanol–water partition coefficient (Wildman–Crippen LogP) is 1.43. The zero-order chi connectivity index (χ0) is 8.69. The molecule has 68 valence electrons. The van der Waals surface area contributed by atoms with Gasteiger partial charge in [-0.05, 0) is 0 Å². The molecule has 2 unspecified atom stereocenters. The monoisotopic (exact) mass is 202 g/mol. The Balaban J connectivity index is 3.13. The van der Waals surface area contributed by atoms with Crippen LogP contribution in [0.1, 0.15) is 0 Å². The fourth-order valence-electron chi connectivity index (χ4n) is 0.389. The number of hydrogen-bond acceptors (Lipinski definition) is 3. The second kappa shape index (κ2) is 7.13. The maximum Gasteiger partial charge on any atom is 0.153 e. The van der Waals surface area contributed by atoms with Crippen LogP contribution in [0.25, 0.3) is 0 Å². The third-order valence-corrected chi connectivity index (χ3v) is 1.62. The van der Waals surface area contributed by atoms with Crippen molar-refractivity contribution >= 4 is 23.2 Å². The fourth-order valence-corrected chi connectivity index (χ4v) is 0.568. The Kier molecular flexibility index (Phi) is 7.43. The first-order valence-electron chi connectivity index (χ1n) is 3.12. The van der Waals surface area contributed by atoms with Gasteiger partial charge in [-0.3, -0.25) is 0 Å². The predicted molar refractivity (Wildman–Crippen MR) is 44.1 cm³/mol. The van der Waals surface area contributed by atoms with Gasteiger partial charge < -0.3 is 14.2 Å². The molecule has 0 rings (SSSR count). The van der Waals surface area contributed by atoms with Crippen molar-refractivity contribution in [2.75, 3.05) is 27.4 Å². The van der Waals surface area contributed by atoms with E-state index in [-0.39, 0.29) is 0 Å². The van der Waals surface area contributed by atoms with Crippen molar-refractivity contribution in [3.05, 3.63) is 0 Å². The number of methoxy groups -OCH3 is 2. The molecule has 0 N–H and O–H groups in total. The van der Waals surface area contributed by atoms with Crippen LogP contribution in [0.5, 0.6) is 0 Å². The van der Waals surface area contributed by atoms with Crippen molar-refractivity contribution in [2.24, 2.45) is 0 Å². The smallest absolute Gasteiger partial charge is 0.153 e. The van der Waals surface area contributed by atoms with Crippen LogP contribution in [0, 0.1) is 0 Å². The van der Waals surface area contributed by atoms with Gasteiger partial charge >= 0.3 is 0 Å². The van der Waals surface area contributed by atoms with Crippen LogP contribution in [-0.4, -0.2) is 38.6 Å². The molecule has 11 heavy (non-hydrogen) atoms. The first kappa shape index (κ1) is 11.5. The van der Waals surface area contributed by atoms with Crippen molar-refractivity contribution in [1.82, 2.24) is 0 Å². The summed E-state index contributed by atoms with van der Waals surface area (Å²) in [5.74, 6) is 0. The summed E-state index contributed by atoms with van der Waals surface area (Å²) < 4.78 is 14.5. The van der Waals surface area contributed by atoms with Gasteiger partial charge in [0.1, 0.15) is 0 Å². The highest BCUT2D eigenvalue weighted by molar-refractivity contribution is 6.20. The lowest BCUT2D eigenvalue weighted by Crippen LogP contribution is -2.17. The molecule has 5 heteroatoms. The number of rotatable bonds is 6. The van der Waals surface area contributed by atoms with E-state index < -0.39 is 11.1 Å². The Morgan fingerprint density at radius 1 is 1.00 bits per heavy atom. The summed E-state index contributed by atoms with van der Waals surface area (Å²) in [6, 6.07) is 0. The van der Waals surface area contributed by atoms with Crippen LogP contribution >= 0.6 is 23.2 Å². The van der Waals surface area contributed by atoms with Gasteiger partial charge in [-0.2, -0.15) is 0 Å². The number of halogens is 2. The maximum atomic E-state index is 5.56. The molecule has 0 spiro atoms. The summed E-state index contributed by atoms with van der Waals surface area (Å²) in [6.07, 6.45) is 0. The topological polar surface area (TPSA) is 27.7 Å². The van der Waals surface area contributed by atoms with Crippen molar-refractivity contribution < 1.29 is 14.2 Å². The summed E-state index contributed by atoms with van der Waals surface area (Å²) in [4.78, 5) is 0. The van der Waals surface area contributed by atoms with Gasteiger partial charge in [-0.1, -0.05) is 23.2 Å². The molecular weight excluding hydrogens is 191 g/mol. The van der Waals surface area contributed by atoms with Crippen molar-refractivity contribution in [1.29, 1.82) is 0 Å². The van der Waals surface area contributed by atoms with Gasteiger partial charge in [0.15, 0.2) is 11.1 Å². The molecule has 0 aliphatic heterocycles. The molecular formula is C6H12Cl2O3. The first-order chi connectivity index (χ1) is 5.20. The molecule has 0 amide bonds. The van der Waals surface area contributed by atoms with Crippen molar-refractivity contribution in [3.63, 3.8) is 0 Å². The third-order valence-electron chi connectivity index (χ3n) is 1.01. The van der Waals surface area contributed by atoms with Gasteiger partial charge in [0, 0.05) is 14.2 Å². The van der Waals surface area contributed by atoms with Crippen LogP contribution in [-0.2, 0) is 14.2 Å². The zero-order valence-corrected chi connectivity index (χ0v) is 8.06. The molecule has 0 aromatic carbocycles. The van der Waals surface area contributed by atoms with Gasteiger partial charge in [0.2, 0.25) is 0 Å². The highest BCUT2D eigenvalue weighted by atomic mass is 35.5. The third kappa shape index (κ3) is 6.84. The molecule has 0 bridgehead atoms. The van der Waals surface area contributed by atoms with Gasteiger partial charge in [0.25, 0.3) is 0 Å². The fraction of sp³-hybridized carbons (Fsp3) is 1.00. The highest BCUT2D eigenvalue weighted by Crippen LogP contribution is 2.00. The minimum atomic E-state index is -0.421. The summed E-state index contributed by atoms with van der Waals surface area (Å²) in [7, 11) is 3.02. The van der Waals surface area contributed by atoms with Gasteiger partial charge in [-0.15, -0.1) is 0 Å². The number of hydrogen-bond donors (Lipinski definition) is 0. The molecule has 0 aliphatic rings. The van der Waals surface area contributed by atoms with E-state index in [1.165, 1.54) is 14.2 Å². The van der Waals surface area contributed by atoms with E-state index in [1.54, 1.807) is 0 Å². The molecule has 3 nitrogen and oxygen atoms in total. The Labute approximate surface area is 76.5 Å². The Bertz CT molecular complexity index is 81.9. The lowest BCUT2D eigenvalue weighted by atomic mass is 10.7. The van der Waals surface area contributed by atoms with E-state index in [9.17, 15) is 0 Å². The molecule has 0 fully saturated rings. The highest BCUT2D eigenvalue weighted by Gasteiger charge is 2.05. The van der Waals surface area contributed by atoms with E-state index in [1.807, 2.05) is 0 Å². The average molecular weight is 203 g/mol. The molecule has 0 aromatic rings. The Hall–Kier alpha value is 0.460. The molecule has 0 heterocycles. The standard InChI is InChI=1S/C6H12Cl2O3/c1-9-5(7)3-11-4-6(8)10-2/h5-6H,3-4H2,1-2H3. The summed E-state index contributed by atoms with van der Waals surface area (Å²) in [5.41, 5.74) is -0.841. The Morgan fingerprint density at radius 3 is 1.64 bits per heavy atom. The van der Waals surface area contributed by atoms with Gasteiger partial charge in [-0.25, -0.2) is 0 Å². The quantitative estimate of drug-likeness (QED) is 0.611. The summed E-state index contributed by atoms with van der Waals surface area (Å²) >= 11 is 11.1. The van der Waals surface area contributed by atoms with E-state index in [0.717, 1.165) is 0 Å². The number of ether oxygens (including phenoxy) is 3. The van der Waals surface area contributed by atoms with E-state index in [4.69, 9.17) is 37.4 Å². The van der Waals surface area contributed by atoms with Crippen LogP contribution in [0.3, 0.4) is 0 Å².